The zero-order valence-electron chi connectivity index (χ0n) is 14.5. The van der Waals surface area contributed by atoms with Crippen LogP contribution in [0.2, 0.25) is 0 Å². The van der Waals surface area contributed by atoms with Gasteiger partial charge < -0.3 is 15.0 Å². The summed E-state index contributed by atoms with van der Waals surface area (Å²) in [6.07, 6.45) is 7.13. The van der Waals surface area contributed by atoms with Crippen LogP contribution in [0.15, 0.2) is 6.20 Å². The number of aromatic nitrogens is 4. The number of nitrogens with one attached hydrogen (secondary N) is 1. The lowest BCUT2D eigenvalue weighted by Gasteiger charge is -2.26. The Morgan fingerprint density at radius 1 is 1.26 bits per heavy atom. The van der Waals surface area contributed by atoms with Crippen LogP contribution in [-0.2, 0) is 0 Å². The minimum Gasteiger partial charge on any atom is -0.385 e. The molecule has 1 unspecified atom stereocenters. The molecule has 2 N–H and O–H groups in total. The number of nitrogens with zero attached hydrogens (tertiary/aromatic N) is 4. The van der Waals surface area contributed by atoms with Crippen molar-refractivity contribution in [1.29, 1.82) is 0 Å². The van der Waals surface area contributed by atoms with Crippen molar-refractivity contribution in [2.45, 2.75) is 56.4 Å². The molecule has 2 heterocycles. The van der Waals surface area contributed by atoms with Crippen LogP contribution in [0, 0.1) is 0 Å². The third-order valence-corrected chi connectivity index (χ3v) is 4.26. The van der Waals surface area contributed by atoms with Gasteiger partial charge in [0.2, 0.25) is 5.95 Å². The Labute approximate surface area is 139 Å². The van der Waals surface area contributed by atoms with E-state index in [0.29, 0.717) is 17.8 Å². The lowest BCUT2D eigenvalue weighted by molar-refractivity contribution is 0.178. The van der Waals surface area contributed by atoms with Crippen molar-refractivity contribution in [1.82, 2.24) is 19.5 Å². The molecule has 3 rings (SSSR count). The number of imidazole rings is 1. The monoisotopic (exact) mass is 311 g/mol. The van der Waals surface area contributed by atoms with Crippen molar-refractivity contribution in [3.05, 3.63) is 12.0 Å². The first-order valence-electron chi connectivity index (χ1n) is 8.56. The van der Waals surface area contributed by atoms with Crippen LogP contribution in [-0.4, -0.2) is 53.4 Å². The smallest absolute Gasteiger partial charge is 0.223 e. The molecule has 1 saturated carbocycles. The molecule has 23 heavy (non-hydrogen) atoms. The Hall–Kier alpha value is -1.50. The SMILES string of the molecule is BC(B)(B)Nc1ncc2nc(C(C)O)n(C3CCCCC3)c2n1. The first-order chi connectivity index (χ1) is 10.8. The van der Waals surface area contributed by atoms with Gasteiger partial charge in [0.25, 0.3) is 0 Å². The fraction of sp³-hybridized carbons (Fsp3) is 0.643. The Kier molecular flexibility index (Phi) is 4.40. The van der Waals surface area contributed by atoms with Gasteiger partial charge in [-0.15, -0.1) is 0 Å². The number of rotatable bonds is 4. The van der Waals surface area contributed by atoms with Gasteiger partial charge in [-0.25, -0.2) is 9.97 Å². The van der Waals surface area contributed by atoms with Crippen LogP contribution in [0.3, 0.4) is 0 Å². The summed E-state index contributed by atoms with van der Waals surface area (Å²) in [5, 5.41) is 13.4. The van der Waals surface area contributed by atoms with Crippen LogP contribution in [0.25, 0.3) is 11.2 Å². The molecule has 9 heteroatoms. The fourth-order valence-corrected chi connectivity index (χ4v) is 3.30. The average molecular weight is 311 g/mol. The molecule has 2 aromatic heterocycles. The summed E-state index contributed by atoms with van der Waals surface area (Å²) in [6, 6.07) is 0.371. The third kappa shape index (κ3) is 3.54. The highest BCUT2D eigenvalue weighted by Crippen LogP contribution is 2.33. The molecule has 1 aliphatic carbocycles. The van der Waals surface area contributed by atoms with Crippen molar-refractivity contribution in [2.24, 2.45) is 0 Å². The summed E-state index contributed by atoms with van der Waals surface area (Å²) in [4.78, 5) is 13.7. The molecule has 1 aliphatic rings. The molecule has 0 radical (unpaired) electrons. The molecule has 1 fully saturated rings. The first-order valence-corrected chi connectivity index (χ1v) is 8.56. The maximum atomic E-state index is 10.1. The molecule has 0 aromatic carbocycles. The van der Waals surface area contributed by atoms with E-state index in [9.17, 15) is 5.11 Å². The standard InChI is InChI=1S/C14H24B3N5O/c1-8(23)11-19-10-7-18-13(21-14(15,16)17)20-12(10)22(11)9-5-3-2-4-6-9/h7-9,23H,2-6,15-17H2,1H3,(H,18,20,21). The van der Waals surface area contributed by atoms with Crippen molar-refractivity contribution in [3.8, 4) is 0 Å². The second-order valence-electron chi connectivity index (χ2n) is 7.59. The van der Waals surface area contributed by atoms with Gasteiger partial charge in [-0.05, 0) is 25.0 Å². The Morgan fingerprint density at radius 2 is 1.96 bits per heavy atom. The van der Waals surface area contributed by atoms with Gasteiger partial charge in [0.05, 0.1) is 6.20 Å². The third-order valence-electron chi connectivity index (χ3n) is 4.26. The lowest BCUT2D eigenvalue weighted by atomic mass is 9.49. The quantitative estimate of drug-likeness (QED) is 0.731. The lowest BCUT2D eigenvalue weighted by Crippen LogP contribution is -2.40. The maximum Gasteiger partial charge on any atom is 0.223 e. The van der Waals surface area contributed by atoms with Gasteiger partial charge in [0.1, 0.15) is 41.0 Å². The summed E-state index contributed by atoms with van der Waals surface area (Å²) >= 11 is 0. The van der Waals surface area contributed by atoms with E-state index in [0.717, 1.165) is 24.0 Å². The first kappa shape index (κ1) is 16.4. The van der Waals surface area contributed by atoms with E-state index >= 15 is 0 Å². The van der Waals surface area contributed by atoms with Crippen molar-refractivity contribution in [2.75, 3.05) is 5.32 Å². The van der Waals surface area contributed by atoms with E-state index in [1.807, 2.05) is 0 Å². The number of hydrogen-bond donors (Lipinski definition) is 2. The molecule has 120 valence electrons. The summed E-state index contributed by atoms with van der Waals surface area (Å²) < 4.78 is 2.15. The van der Waals surface area contributed by atoms with Crippen LogP contribution >= 0.6 is 0 Å². The molecule has 1 atom stereocenters. The van der Waals surface area contributed by atoms with E-state index in [2.05, 4.69) is 43.4 Å². The van der Waals surface area contributed by atoms with E-state index in [1.165, 1.54) is 19.3 Å². The van der Waals surface area contributed by atoms with Gasteiger partial charge in [-0.2, -0.15) is 4.98 Å². The molecule has 2 aromatic rings. The van der Waals surface area contributed by atoms with Crippen molar-refractivity contribution >= 4 is 40.7 Å². The topological polar surface area (TPSA) is 75.9 Å². The predicted octanol–water partition coefficient (Wildman–Crippen LogP) is -0.693. The number of hydrogen-bond acceptors (Lipinski definition) is 5. The van der Waals surface area contributed by atoms with Gasteiger partial charge in [-0.1, -0.05) is 19.3 Å². The Balaban J connectivity index is 2.08. The largest absolute Gasteiger partial charge is 0.385 e. The van der Waals surface area contributed by atoms with E-state index in [-0.39, 0.29) is 5.24 Å². The second-order valence-corrected chi connectivity index (χ2v) is 7.59. The number of aliphatic hydroxyl groups excluding tert-OH is 1. The number of anilines is 1. The summed E-state index contributed by atoms with van der Waals surface area (Å²) in [6.45, 7) is 1.77. The van der Waals surface area contributed by atoms with Gasteiger partial charge >= 0.3 is 0 Å². The average Bonchev–Trinajstić information content (AvgIpc) is 2.85. The molecule has 0 amide bonds. The zero-order chi connectivity index (χ0) is 16.6. The van der Waals surface area contributed by atoms with Crippen molar-refractivity contribution < 1.29 is 5.11 Å². The maximum absolute atomic E-state index is 10.1. The minimum atomic E-state index is -0.606. The zero-order valence-corrected chi connectivity index (χ0v) is 14.5. The minimum absolute atomic E-state index is 0.101. The molecule has 0 spiro atoms. The summed E-state index contributed by atoms with van der Waals surface area (Å²) in [7, 11) is 6.25. The van der Waals surface area contributed by atoms with Crippen molar-refractivity contribution in [3.63, 3.8) is 0 Å². The van der Waals surface area contributed by atoms with E-state index in [4.69, 9.17) is 4.98 Å². The highest BCUT2D eigenvalue weighted by molar-refractivity contribution is 6.60. The van der Waals surface area contributed by atoms with Crippen LogP contribution < -0.4 is 5.32 Å². The highest BCUT2D eigenvalue weighted by atomic mass is 16.3. The van der Waals surface area contributed by atoms with E-state index in [1.54, 1.807) is 13.1 Å². The molecule has 0 aliphatic heterocycles. The van der Waals surface area contributed by atoms with E-state index < -0.39 is 6.10 Å². The van der Waals surface area contributed by atoms with Crippen LogP contribution in [0.5, 0.6) is 0 Å². The highest BCUT2D eigenvalue weighted by Gasteiger charge is 2.25. The second kappa shape index (κ2) is 6.19. The van der Waals surface area contributed by atoms with Gasteiger partial charge in [0, 0.05) is 6.04 Å². The normalized spacial score (nSPS) is 18.2. The molecule has 0 bridgehead atoms. The number of fused-ring (bicyclic) bond motifs is 1. The Morgan fingerprint density at radius 3 is 2.57 bits per heavy atom. The molecule has 6 nitrogen and oxygen atoms in total. The molecule has 0 saturated heterocycles. The summed E-state index contributed by atoms with van der Waals surface area (Å²) in [5.74, 6) is 1.31. The summed E-state index contributed by atoms with van der Waals surface area (Å²) in [5.41, 5.74) is 1.58. The van der Waals surface area contributed by atoms with Gasteiger partial charge in [-0.3, -0.25) is 0 Å². The predicted molar refractivity (Wildman–Crippen MR) is 100 cm³/mol. The Bertz CT molecular complexity index is 692. The number of aliphatic hydroxyl groups is 1. The van der Waals surface area contributed by atoms with Gasteiger partial charge in [0.15, 0.2) is 5.65 Å². The molecular formula is C14H24B3N5O. The fourth-order valence-electron chi connectivity index (χ4n) is 3.30. The molecular weight excluding hydrogens is 287 g/mol. The van der Waals surface area contributed by atoms with Crippen LogP contribution in [0.4, 0.5) is 5.95 Å². The van der Waals surface area contributed by atoms with Crippen LogP contribution in [0.1, 0.15) is 57.0 Å².